The molecule has 0 bridgehead atoms. The van der Waals surface area contributed by atoms with Crippen molar-refractivity contribution in [2.75, 3.05) is 6.61 Å². The van der Waals surface area contributed by atoms with Crippen molar-refractivity contribution in [3.8, 4) is 11.8 Å². The average Bonchev–Trinajstić information content (AvgIpc) is 2.58. The summed E-state index contributed by atoms with van der Waals surface area (Å²) in [6, 6.07) is 7.69. The van der Waals surface area contributed by atoms with Crippen molar-refractivity contribution in [3.05, 3.63) is 39.8 Å². The third-order valence-electron chi connectivity index (χ3n) is 4.25. The van der Waals surface area contributed by atoms with E-state index in [9.17, 15) is 4.79 Å². The Morgan fingerprint density at radius 1 is 1.27 bits per heavy atom. The van der Waals surface area contributed by atoms with Crippen molar-refractivity contribution < 1.29 is 4.74 Å². The van der Waals surface area contributed by atoms with Crippen LogP contribution >= 0.6 is 0 Å². The number of unbranched alkanes of at least 4 members (excludes halogenated alkanes) is 1. The molecule has 0 unspecified atom stereocenters. The first kappa shape index (κ1) is 20.0. The third-order valence-corrected chi connectivity index (χ3v) is 4.25. The number of hydrogen-bond acceptors (Lipinski definition) is 4. The highest BCUT2D eigenvalue weighted by molar-refractivity contribution is 5.89. The number of rotatable bonds is 7. The molecule has 0 spiro atoms. The van der Waals surface area contributed by atoms with Gasteiger partial charge in [0.2, 0.25) is 0 Å². The molecule has 0 aliphatic carbocycles. The maximum Gasteiger partial charge on any atom is 0.258 e. The predicted molar refractivity (Wildman–Crippen MR) is 105 cm³/mol. The number of hydrogen-bond donors (Lipinski definition) is 1. The molecule has 0 aliphatic rings. The van der Waals surface area contributed by atoms with E-state index < -0.39 is 0 Å². The highest BCUT2D eigenvalue weighted by Gasteiger charge is 2.21. The van der Waals surface area contributed by atoms with Gasteiger partial charge >= 0.3 is 0 Å². The van der Waals surface area contributed by atoms with Gasteiger partial charge in [-0.25, -0.2) is 0 Å². The number of nitriles is 1. The van der Waals surface area contributed by atoms with Crippen LogP contribution in [0.3, 0.4) is 0 Å². The molecule has 2 N–H and O–H groups in total. The van der Waals surface area contributed by atoms with Crippen LogP contribution in [0.4, 0.5) is 0 Å². The van der Waals surface area contributed by atoms with E-state index in [0.717, 1.165) is 29.5 Å². The molecule has 1 aromatic heterocycles. The van der Waals surface area contributed by atoms with Crippen LogP contribution in [-0.2, 0) is 19.5 Å². The number of fused-ring (bicyclic) bond motifs is 1. The smallest absolute Gasteiger partial charge is 0.258 e. The van der Waals surface area contributed by atoms with Gasteiger partial charge in [0.05, 0.1) is 30.2 Å². The van der Waals surface area contributed by atoms with Crippen molar-refractivity contribution in [2.24, 2.45) is 11.1 Å². The number of pyridine rings is 1. The van der Waals surface area contributed by atoms with E-state index in [1.165, 1.54) is 0 Å². The average molecular weight is 355 g/mol. The van der Waals surface area contributed by atoms with Gasteiger partial charge in [-0.2, -0.15) is 5.26 Å². The summed E-state index contributed by atoms with van der Waals surface area (Å²) in [5.41, 5.74) is 7.51. The van der Waals surface area contributed by atoms with Crippen LogP contribution in [-0.4, -0.2) is 11.2 Å². The van der Waals surface area contributed by atoms with Gasteiger partial charge in [-0.15, -0.1) is 0 Å². The molecule has 2 aromatic rings. The van der Waals surface area contributed by atoms with Crippen LogP contribution in [0.15, 0.2) is 23.0 Å². The highest BCUT2D eigenvalue weighted by Crippen LogP contribution is 2.30. The Morgan fingerprint density at radius 3 is 2.58 bits per heavy atom. The lowest BCUT2D eigenvalue weighted by molar-refractivity contribution is 0.295. The number of aromatic nitrogens is 1. The minimum atomic E-state index is -0.0666. The molecule has 0 amide bonds. The zero-order valence-electron chi connectivity index (χ0n) is 16.3. The van der Waals surface area contributed by atoms with Crippen LogP contribution < -0.4 is 16.0 Å². The van der Waals surface area contributed by atoms with Crippen molar-refractivity contribution >= 4 is 10.8 Å². The van der Waals surface area contributed by atoms with Gasteiger partial charge in [0.15, 0.2) is 0 Å². The van der Waals surface area contributed by atoms with E-state index in [1.807, 2.05) is 12.1 Å². The summed E-state index contributed by atoms with van der Waals surface area (Å²) in [4.78, 5) is 13.1. The molecule has 5 heteroatoms. The van der Waals surface area contributed by atoms with Gasteiger partial charge in [0, 0.05) is 18.5 Å². The fourth-order valence-corrected chi connectivity index (χ4v) is 3.04. The van der Waals surface area contributed by atoms with Crippen LogP contribution in [0.2, 0.25) is 0 Å². The van der Waals surface area contributed by atoms with Crippen LogP contribution in [0.25, 0.3) is 10.8 Å². The Labute approximate surface area is 155 Å². The molecule has 0 saturated carbocycles. The Hall–Kier alpha value is -2.32. The first-order chi connectivity index (χ1) is 12.3. The molecule has 140 valence electrons. The first-order valence-corrected chi connectivity index (χ1v) is 9.20. The summed E-state index contributed by atoms with van der Waals surface area (Å²) in [5.74, 6) is 0.680. The molecule has 26 heavy (non-hydrogen) atoms. The van der Waals surface area contributed by atoms with Gasteiger partial charge in [0.1, 0.15) is 5.75 Å². The molecule has 1 heterocycles. The van der Waals surface area contributed by atoms with Crippen molar-refractivity contribution in [1.29, 1.82) is 5.26 Å². The normalized spacial score (nSPS) is 11.5. The Morgan fingerprint density at radius 2 is 2.00 bits per heavy atom. The van der Waals surface area contributed by atoms with E-state index in [2.05, 4.69) is 33.8 Å². The lowest BCUT2D eigenvalue weighted by Crippen LogP contribution is -2.31. The fraction of sp³-hybridized carbons (Fsp3) is 0.524. The predicted octanol–water partition coefficient (Wildman–Crippen LogP) is 3.75. The number of benzene rings is 1. The lowest BCUT2D eigenvalue weighted by atomic mass is 9.96. The Bertz CT molecular complexity index is 870. The van der Waals surface area contributed by atoms with E-state index in [-0.39, 0.29) is 17.5 Å². The second-order valence-electron chi connectivity index (χ2n) is 7.85. The topological polar surface area (TPSA) is 81.0 Å². The lowest BCUT2D eigenvalue weighted by Gasteiger charge is -2.25. The maximum absolute atomic E-state index is 13.1. The zero-order chi connectivity index (χ0) is 19.3. The molecular formula is C21H29N3O2. The molecule has 0 saturated heterocycles. The standard InChI is InChI=1S/C21H29N3O2/c1-5-6-11-26-19-17-12-15(9-10-22)7-8-16(17)20(25)24(18(19)13-23)14-21(2,3)4/h7-8,12H,5-6,9,11,13-14,23H2,1-4H3. The second-order valence-corrected chi connectivity index (χ2v) is 7.85. The van der Waals surface area contributed by atoms with Crippen molar-refractivity contribution in [2.45, 2.75) is 60.0 Å². The number of nitrogens with two attached hydrogens (primary N) is 1. The SMILES string of the molecule is CCCCOc1c(CN)n(CC(C)(C)C)c(=O)c2ccc(CC#N)cc12. The molecule has 1 aromatic carbocycles. The van der Waals surface area contributed by atoms with Crippen LogP contribution in [0, 0.1) is 16.7 Å². The first-order valence-electron chi connectivity index (χ1n) is 9.20. The molecule has 0 fully saturated rings. The number of ether oxygens (including phenoxy) is 1. The summed E-state index contributed by atoms with van der Waals surface area (Å²) in [7, 11) is 0. The summed E-state index contributed by atoms with van der Waals surface area (Å²) < 4.78 is 7.86. The fourth-order valence-electron chi connectivity index (χ4n) is 3.04. The third kappa shape index (κ3) is 4.44. The van der Waals surface area contributed by atoms with Gasteiger partial charge in [-0.05, 0) is 29.5 Å². The Balaban J connectivity index is 2.76. The minimum Gasteiger partial charge on any atom is -0.491 e. The quantitative estimate of drug-likeness (QED) is 0.767. The molecule has 2 rings (SSSR count). The minimum absolute atomic E-state index is 0.0540. The second kappa shape index (κ2) is 8.37. The molecular weight excluding hydrogens is 326 g/mol. The summed E-state index contributed by atoms with van der Waals surface area (Å²) in [6.45, 7) is 9.77. The molecule has 0 radical (unpaired) electrons. The summed E-state index contributed by atoms with van der Waals surface area (Å²) in [5, 5.41) is 10.4. The monoisotopic (exact) mass is 355 g/mol. The van der Waals surface area contributed by atoms with Gasteiger partial charge in [0.25, 0.3) is 5.56 Å². The highest BCUT2D eigenvalue weighted by atomic mass is 16.5. The van der Waals surface area contributed by atoms with Gasteiger partial charge in [-0.1, -0.05) is 40.2 Å². The van der Waals surface area contributed by atoms with E-state index >= 15 is 0 Å². The van der Waals surface area contributed by atoms with Crippen LogP contribution in [0.1, 0.15) is 51.8 Å². The zero-order valence-corrected chi connectivity index (χ0v) is 16.3. The summed E-state index contributed by atoms with van der Waals surface area (Å²) in [6.07, 6.45) is 2.26. The van der Waals surface area contributed by atoms with Gasteiger partial charge in [-0.3, -0.25) is 4.79 Å². The van der Waals surface area contributed by atoms with E-state index in [1.54, 1.807) is 10.6 Å². The summed E-state index contributed by atoms with van der Waals surface area (Å²) >= 11 is 0. The largest absolute Gasteiger partial charge is 0.491 e. The maximum atomic E-state index is 13.1. The molecule has 0 aliphatic heterocycles. The van der Waals surface area contributed by atoms with Crippen LogP contribution in [0.5, 0.6) is 5.75 Å². The van der Waals surface area contributed by atoms with E-state index in [4.69, 9.17) is 15.7 Å². The molecule has 5 nitrogen and oxygen atoms in total. The van der Waals surface area contributed by atoms with E-state index in [0.29, 0.717) is 30.7 Å². The van der Waals surface area contributed by atoms with Crippen molar-refractivity contribution in [1.82, 2.24) is 4.57 Å². The van der Waals surface area contributed by atoms with Gasteiger partial charge < -0.3 is 15.0 Å². The number of nitrogens with zero attached hydrogens (tertiary/aromatic N) is 2. The Kier molecular flexibility index (Phi) is 6.44. The molecule has 0 atom stereocenters. The van der Waals surface area contributed by atoms with Crippen molar-refractivity contribution in [3.63, 3.8) is 0 Å².